The van der Waals surface area contributed by atoms with Crippen molar-refractivity contribution in [3.8, 4) is 0 Å². The minimum Gasteiger partial charge on any atom is -0.478 e. The Morgan fingerprint density at radius 2 is 2.10 bits per heavy atom. The molecule has 3 rings (SSSR count). The Morgan fingerprint density at radius 1 is 1.30 bits per heavy atom. The smallest absolute Gasteiger partial charge is 0.335 e. The van der Waals surface area contributed by atoms with Gasteiger partial charge in [0.05, 0.1) is 17.4 Å². The predicted octanol–water partition coefficient (Wildman–Crippen LogP) is 2.49. The van der Waals surface area contributed by atoms with E-state index in [1.165, 1.54) is 6.26 Å². The van der Waals surface area contributed by atoms with Gasteiger partial charge in [-0.3, -0.25) is 4.79 Å². The number of carboxylic acids is 1. The summed E-state index contributed by atoms with van der Waals surface area (Å²) in [4.78, 5) is 25.1. The number of fused-ring (bicyclic) bond motifs is 1. The van der Waals surface area contributed by atoms with Gasteiger partial charge in [-0.1, -0.05) is 6.07 Å². The molecule has 0 spiro atoms. The molecule has 2 aromatic rings. The summed E-state index contributed by atoms with van der Waals surface area (Å²) in [7, 11) is 0. The van der Waals surface area contributed by atoms with Crippen LogP contribution in [0.5, 0.6) is 0 Å². The second-order valence-corrected chi connectivity index (χ2v) is 4.75. The second-order valence-electron chi connectivity index (χ2n) is 4.75. The van der Waals surface area contributed by atoms with Gasteiger partial charge in [0.2, 0.25) is 0 Å². The van der Waals surface area contributed by atoms with Gasteiger partial charge in [0.15, 0.2) is 0 Å². The number of aryl methyl sites for hydroxylation is 1. The summed E-state index contributed by atoms with van der Waals surface area (Å²) in [6.07, 6.45) is 2.21. The Kier molecular flexibility index (Phi) is 2.82. The molecule has 2 heterocycles. The molecule has 0 unspecified atom stereocenters. The molecule has 0 atom stereocenters. The van der Waals surface area contributed by atoms with Crippen LogP contribution in [0.15, 0.2) is 34.9 Å². The van der Waals surface area contributed by atoms with E-state index in [2.05, 4.69) is 0 Å². The van der Waals surface area contributed by atoms with E-state index >= 15 is 0 Å². The van der Waals surface area contributed by atoms with E-state index in [1.54, 1.807) is 36.1 Å². The van der Waals surface area contributed by atoms with Crippen LogP contribution in [0.25, 0.3) is 0 Å². The molecule has 1 aliphatic rings. The largest absolute Gasteiger partial charge is 0.478 e. The molecule has 102 valence electrons. The predicted molar refractivity (Wildman–Crippen MR) is 72.2 cm³/mol. The van der Waals surface area contributed by atoms with Crippen LogP contribution in [0.1, 0.15) is 32.0 Å². The lowest BCUT2D eigenvalue weighted by molar-refractivity contribution is 0.0696. The standard InChI is InChI=1S/C15H13NO4/c1-9-12(5-7-20-9)14(17)16-6-4-10-2-3-11(15(18)19)8-13(10)16/h2-3,5,7-8H,4,6H2,1H3,(H,18,19). The van der Waals surface area contributed by atoms with Crippen LogP contribution in [0.2, 0.25) is 0 Å². The van der Waals surface area contributed by atoms with Crippen LogP contribution in [-0.2, 0) is 6.42 Å². The molecule has 0 saturated carbocycles. The highest BCUT2D eigenvalue weighted by atomic mass is 16.4. The number of amides is 1. The molecule has 5 nitrogen and oxygen atoms in total. The molecule has 5 heteroatoms. The van der Waals surface area contributed by atoms with E-state index < -0.39 is 5.97 Å². The lowest BCUT2D eigenvalue weighted by Gasteiger charge is -2.17. The first kappa shape index (κ1) is 12.5. The maximum Gasteiger partial charge on any atom is 0.335 e. The number of nitrogens with zero attached hydrogens (tertiary/aromatic N) is 1. The van der Waals surface area contributed by atoms with Crippen molar-refractivity contribution in [2.75, 3.05) is 11.4 Å². The van der Waals surface area contributed by atoms with E-state index in [-0.39, 0.29) is 11.5 Å². The summed E-state index contributed by atoms with van der Waals surface area (Å²) in [5.41, 5.74) is 2.37. The lowest BCUT2D eigenvalue weighted by atomic mass is 10.1. The van der Waals surface area contributed by atoms with Crippen molar-refractivity contribution in [2.45, 2.75) is 13.3 Å². The fourth-order valence-corrected chi connectivity index (χ4v) is 2.48. The topological polar surface area (TPSA) is 70.8 Å². The summed E-state index contributed by atoms with van der Waals surface area (Å²) in [6.45, 7) is 2.29. The van der Waals surface area contributed by atoms with Gasteiger partial charge in [0.25, 0.3) is 5.91 Å². The molecule has 1 aromatic heterocycles. The van der Waals surface area contributed by atoms with E-state index in [4.69, 9.17) is 9.52 Å². The van der Waals surface area contributed by atoms with Crippen molar-refractivity contribution in [2.24, 2.45) is 0 Å². The molecule has 0 bridgehead atoms. The van der Waals surface area contributed by atoms with Gasteiger partial charge >= 0.3 is 5.97 Å². The van der Waals surface area contributed by atoms with E-state index in [0.717, 1.165) is 12.0 Å². The van der Waals surface area contributed by atoms with Crippen LogP contribution < -0.4 is 4.90 Å². The minimum absolute atomic E-state index is 0.155. The maximum atomic E-state index is 12.5. The molecule has 1 N–H and O–H groups in total. The van der Waals surface area contributed by atoms with Crippen molar-refractivity contribution >= 4 is 17.6 Å². The zero-order chi connectivity index (χ0) is 14.3. The van der Waals surface area contributed by atoms with Gasteiger partial charge in [-0.05, 0) is 37.1 Å². The highest BCUT2D eigenvalue weighted by Gasteiger charge is 2.28. The fourth-order valence-electron chi connectivity index (χ4n) is 2.48. The Balaban J connectivity index is 2.00. The molecule has 0 aliphatic carbocycles. The summed E-state index contributed by atoms with van der Waals surface area (Å²) in [5.74, 6) is -0.582. The van der Waals surface area contributed by atoms with Gasteiger partial charge in [-0.15, -0.1) is 0 Å². The monoisotopic (exact) mass is 271 g/mol. The molecular weight excluding hydrogens is 258 g/mol. The number of benzene rings is 1. The zero-order valence-electron chi connectivity index (χ0n) is 10.9. The average Bonchev–Trinajstić information content (AvgIpc) is 3.03. The van der Waals surface area contributed by atoms with Crippen LogP contribution in [-0.4, -0.2) is 23.5 Å². The molecule has 1 amide bonds. The Morgan fingerprint density at radius 3 is 2.75 bits per heavy atom. The van der Waals surface area contributed by atoms with Crippen LogP contribution in [0.3, 0.4) is 0 Å². The first-order valence-corrected chi connectivity index (χ1v) is 6.30. The number of hydrogen-bond acceptors (Lipinski definition) is 3. The summed E-state index contributed by atoms with van der Waals surface area (Å²) in [5, 5.41) is 9.05. The number of anilines is 1. The zero-order valence-corrected chi connectivity index (χ0v) is 10.9. The molecule has 0 fully saturated rings. The Labute approximate surface area is 115 Å². The van der Waals surface area contributed by atoms with E-state index in [9.17, 15) is 9.59 Å². The third-order valence-electron chi connectivity index (χ3n) is 3.56. The number of carbonyl (C=O) groups excluding carboxylic acids is 1. The van der Waals surface area contributed by atoms with Gasteiger partial charge in [-0.2, -0.15) is 0 Å². The van der Waals surface area contributed by atoms with Gasteiger partial charge in [0.1, 0.15) is 5.76 Å². The molecule has 1 aromatic carbocycles. The van der Waals surface area contributed by atoms with Crippen molar-refractivity contribution in [3.63, 3.8) is 0 Å². The fraction of sp³-hybridized carbons (Fsp3) is 0.200. The number of carbonyl (C=O) groups is 2. The number of furan rings is 1. The van der Waals surface area contributed by atoms with Crippen molar-refractivity contribution in [3.05, 3.63) is 53.0 Å². The molecular formula is C15H13NO4. The Hall–Kier alpha value is -2.56. The van der Waals surface area contributed by atoms with Crippen molar-refractivity contribution in [1.29, 1.82) is 0 Å². The normalized spacial score (nSPS) is 13.3. The number of hydrogen-bond donors (Lipinski definition) is 1. The van der Waals surface area contributed by atoms with Gasteiger partial charge in [-0.25, -0.2) is 4.79 Å². The van der Waals surface area contributed by atoms with Crippen molar-refractivity contribution in [1.82, 2.24) is 0 Å². The summed E-state index contributed by atoms with van der Waals surface area (Å²) in [6, 6.07) is 6.53. The minimum atomic E-state index is -0.994. The molecule has 0 saturated heterocycles. The average molecular weight is 271 g/mol. The number of aromatic carboxylic acids is 1. The van der Waals surface area contributed by atoms with Crippen molar-refractivity contribution < 1.29 is 19.1 Å². The van der Waals surface area contributed by atoms with Crippen LogP contribution >= 0.6 is 0 Å². The maximum absolute atomic E-state index is 12.5. The first-order valence-electron chi connectivity index (χ1n) is 6.30. The van der Waals surface area contributed by atoms with Gasteiger partial charge in [0, 0.05) is 12.2 Å². The van der Waals surface area contributed by atoms with Crippen LogP contribution in [0, 0.1) is 6.92 Å². The highest BCUT2D eigenvalue weighted by Crippen LogP contribution is 2.31. The van der Waals surface area contributed by atoms with Gasteiger partial charge < -0.3 is 14.4 Å². The van der Waals surface area contributed by atoms with E-state index in [0.29, 0.717) is 23.6 Å². The second kappa shape index (κ2) is 4.52. The summed E-state index contributed by atoms with van der Waals surface area (Å²) >= 11 is 0. The molecule has 20 heavy (non-hydrogen) atoms. The highest BCUT2D eigenvalue weighted by molar-refractivity contribution is 6.08. The Bertz CT molecular complexity index is 702. The number of carboxylic acid groups (broad SMARTS) is 1. The first-order chi connectivity index (χ1) is 9.58. The molecule has 1 aliphatic heterocycles. The van der Waals surface area contributed by atoms with E-state index in [1.807, 2.05) is 0 Å². The molecule has 0 radical (unpaired) electrons. The summed E-state index contributed by atoms with van der Waals surface area (Å²) < 4.78 is 5.15. The lowest BCUT2D eigenvalue weighted by Crippen LogP contribution is -2.29. The third kappa shape index (κ3) is 1.87. The third-order valence-corrected chi connectivity index (χ3v) is 3.56. The number of rotatable bonds is 2. The quantitative estimate of drug-likeness (QED) is 0.911. The van der Waals surface area contributed by atoms with Crippen LogP contribution in [0.4, 0.5) is 5.69 Å². The SMILES string of the molecule is Cc1occc1C(=O)N1CCc2ccc(C(=O)O)cc21.